The topological polar surface area (TPSA) is 72.7 Å². The monoisotopic (exact) mass is 321 g/mol. The highest BCUT2D eigenvalue weighted by Gasteiger charge is 2.17. The van der Waals surface area contributed by atoms with Gasteiger partial charge >= 0.3 is 0 Å². The Morgan fingerprint density at radius 2 is 2.32 bits per heavy atom. The number of carbonyl (C=O) groups excluding carboxylic acids is 1. The van der Waals surface area contributed by atoms with Crippen LogP contribution in [0.5, 0.6) is 0 Å². The third-order valence-electron chi connectivity index (χ3n) is 3.06. The summed E-state index contributed by atoms with van der Waals surface area (Å²) in [5.74, 6) is 1.65. The minimum Gasteiger partial charge on any atom is -0.345 e. The van der Waals surface area contributed by atoms with Crippen molar-refractivity contribution in [3.63, 3.8) is 0 Å². The van der Waals surface area contributed by atoms with Crippen molar-refractivity contribution >= 4 is 21.8 Å². The van der Waals surface area contributed by atoms with Crippen molar-refractivity contribution in [1.29, 1.82) is 0 Å². The molecule has 3 rings (SSSR count). The van der Waals surface area contributed by atoms with Gasteiger partial charge in [-0.15, -0.1) is 10.2 Å². The Kier molecular flexibility index (Phi) is 3.29. The molecule has 0 bridgehead atoms. The SMILES string of the molecule is O=C(NCc1nnc2n1CCC2)c1cncc(Br)c1. The number of aryl methyl sites for hydroxylation is 1. The van der Waals surface area contributed by atoms with E-state index in [1.54, 1.807) is 12.3 Å². The van der Waals surface area contributed by atoms with Crippen LogP contribution in [0.1, 0.15) is 28.4 Å². The molecule has 2 aromatic heterocycles. The number of halogens is 1. The second-order valence-electron chi connectivity index (χ2n) is 4.36. The van der Waals surface area contributed by atoms with Gasteiger partial charge in [-0.05, 0) is 28.4 Å². The number of hydrogen-bond donors (Lipinski definition) is 1. The molecule has 0 aliphatic carbocycles. The molecule has 1 aliphatic heterocycles. The van der Waals surface area contributed by atoms with E-state index in [2.05, 4.69) is 41.0 Å². The Balaban J connectivity index is 1.67. The highest BCUT2D eigenvalue weighted by atomic mass is 79.9. The highest BCUT2D eigenvalue weighted by Crippen LogP contribution is 2.14. The van der Waals surface area contributed by atoms with Crippen LogP contribution in [0.15, 0.2) is 22.9 Å². The largest absolute Gasteiger partial charge is 0.345 e. The van der Waals surface area contributed by atoms with E-state index in [0.29, 0.717) is 12.1 Å². The summed E-state index contributed by atoms with van der Waals surface area (Å²) in [5.41, 5.74) is 0.524. The van der Waals surface area contributed by atoms with Gasteiger partial charge in [-0.2, -0.15) is 0 Å². The number of hydrogen-bond acceptors (Lipinski definition) is 4. The molecule has 1 amide bonds. The normalized spacial score (nSPS) is 13.3. The minimum absolute atomic E-state index is 0.163. The highest BCUT2D eigenvalue weighted by molar-refractivity contribution is 9.10. The molecule has 0 saturated carbocycles. The van der Waals surface area contributed by atoms with Crippen molar-refractivity contribution < 1.29 is 4.79 Å². The van der Waals surface area contributed by atoms with E-state index in [9.17, 15) is 4.79 Å². The number of pyridine rings is 1. The van der Waals surface area contributed by atoms with Crippen molar-refractivity contribution in [2.75, 3.05) is 0 Å². The van der Waals surface area contributed by atoms with Crippen LogP contribution in [0.25, 0.3) is 0 Å². The molecule has 1 aliphatic rings. The van der Waals surface area contributed by atoms with Crippen LogP contribution in [-0.2, 0) is 19.5 Å². The summed E-state index contributed by atoms with van der Waals surface area (Å²) in [4.78, 5) is 15.9. The lowest BCUT2D eigenvalue weighted by Gasteiger charge is -2.05. The van der Waals surface area contributed by atoms with E-state index in [0.717, 1.165) is 35.5 Å². The van der Waals surface area contributed by atoms with Gasteiger partial charge in [0.15, 0.2) is 5.82 Å². The first-order chi connectivity index (χ1) is 9.24. The zero-order valence-corrected chi connectivity index (χ0v) is 11.7. The Bertz CT molecular complexity index is 624. The summed E-state index contributed by atoms with van der Waals surface area (Å²) in [6.45, 7) is 1.32. The number of fused-ring (bicyclic) bond motifs is 1. The predicted molar refractivity (Wildman–Crippen MR) is 71.5 cm³/mol. The number of rotatable bonds is 3. The van der Waals surface area contributed by atoms with E-state index in [1.165, 1.54) is 6.20 Å². The first-order valence-corrected chi connectivity index (χ1v) is 6.83. The van der Waals surface area contributed by atoms with Crippen LogP contribution in [0.4, 0.5) is 0 Å². The van der Waals surface area contributed by atoms with Gasteiger partial charge in [-0.3, -0.25) is 9.78 Å². The Morgan fingerprint density at radius 1 is 1.42 bits per heavy atom. The molecule has 6 nitrogen and oxygen atoms in total. The van der Waals surface area contributed by atoms with Crippen molar-refractivity contribution in [3.8, 4) is 0 Å². The minimum atomic E-state index is -0.163. The Hall–Kier alpha value is -1.76. The third-order valence-corrected chi connectivity index (χ3v) is 3.49. The summed E-state index contributed by atoms with van der Waals surface area (Å²) >= 11 is 3.29. The molecule has 7 heteroatoms. The lowest BCUT2D eigenvalue weighted by Crippen LogP contribution is -2.24. The van der Waals surface area contributed by atoms with Gasteiger partial charge in [0.2, 0.25) is 0 Å². The first kappa shape index (κ1) is 12.3. The van der Waals surface area contributed by atoms with Crippen LogP contribution in [0.2, 0.25) is 0 Å². The molecule has 0 spiro atoms. The molecule has 19 heavy (non-hydrogen) atoms. The number of carbonyl (C=O) groups is 1. The smallest absolute Gasteiger partial charge is 0.253 e. The molecular formula is C12H12BrN5O. The number of aromatic nitrogens is 4. The maximum Gasteiger partial charge on any atom is 0.253 e. The standard InChI is InChI=1S/C12H12BrN5O/c13-9-4-8(5-14-6-9)12(19)15-7-11-17-16-10-2-1-3-18(10)11/h4-6H,1-3,7H2,(H,15,19). The van der Waals surface area contributed by atoms with Crippen molar-refractivity contribution in [1.82, 2.24) is 25.1 Å². The van der Waals surface area contributed by atoms with Crippen molar-refractivity contribution in [2.24, 2.45) is 0 Å². The molecule has 3 heterocycles. The third kappa shape index (κ3) is 2.51. The van der Waals surface area contributed by atoms with E-state index in [4.69, 9.17) is 0 Å². The zero-order valence-electron chi connectivity index (χ0n) is 10.1. The molecule has 0 radical (unpaired) electrons. The molecule has 0 unspecified atom stereocenters. The van der Waals surface area contributed by atoms with Gasteiger partial charge in [0.1, 0.15) is 5.82 Å². The fraction of sp³-hybridized carbons (Fsp3) is 0.333. The lowest BCUT2D eigenvalue weighted by atomic mass is 10.3. The fourth-order valence-electron chi connectivity index (χ4n) is 2.14. The summed E-state index contributed by atoms with van der Waals surface area (Å²) in [6.07, 6.45) is 5.24. The molecule has 0 atom stereocenters. The molecule has 0 aromatic carbocycles. The predicted octanol–water partition coefficient (Wildman–Crippen LogP) is 1.31. The average molecular weight is 322 g/mol. The van der Waals surface area contributed by atoms with Crippen LogP contribution in [0.3, 0.4) is 0 Å². The number of nitrogens with zero attached hydrogens (tertiary/aromatic N) is 4. The molecular weight excluding hydrogens is 310 g/mol. The van der Waals surface area contributed by atoms with E-state index >= 15 is 0 Å². The number of amides is 1. The maximum atomic E-state index is 12.0. The Morgan fingerprint density at radius 3 is 3.16 bits per heavy atom. The molecule has 1 N–H and O–H groups in total. The van der Waals surface area contributed by atoms with Crippen molar-refractivity contribution in [3.05, 3.63) is 40.1 Å². The summed E-state index contributed by atoms with van der Waals surface area (Å²) in [7, 11) is 0. The van der Waals surface area contributed by atoms with Crippen LogP contribution in [0, 0.1) is 0 Å². The van der Waals surface area contributed by atoms with Gasteiger partial charge < -0.3 is 9.88 Å². The second-order valence-corrected chi connectivity index (χ2v) is 5.28. The van der Waals surface area contributed by atoms with Gasteiger partial charge in [0.05, 0.1) is 12.1 Å². The fourth-order valence-corrected chi connectivity index (χ4v) is 2.50. The second kappa shape index (κ2) is 5.08. The molecule has 0 saturated heterocycles. The van der Waals surface area contributed by atoms with Crippen molar-refractivity contribution in [2.45, 2.75) is 25.9 Å². The average Bonchev–Trinajstić information content (AvgIpc) is 2.99. The summed E-state index contributed by atoms with van der Waals surface area (Å²) < 4.78 is 2.85. The first-order valence-electron chi connectivity index (χ1n) is 6.04. The van der Waals surface area contributed by atoms with E-state index in [-0.39, 0.29) is 5.91 Å². The van der Waals surface area contributed by atoms with Gasteiger partial charge in [0, 0.05) is 29.8 Å². The lowest BCUT2D eigenvalue weighted by molar-refractivity contribution is 0.0949. The Labute approximate surface area is 118 Å². The zero-order chi connectivity index (χ0) is 13.2. The van der Waals surface area contributed by atoms with E-state index in [1.807, 2.05) is 0 Å². The summed E-state index contributed by atoms with van der Waals surface area (Å²) in [6, 6.07) is 1.73. The van der Waals surface area contributed by atoms with Gasteiger partial charge in [-0.25, -0.2) is 0 Å². The van der Waals surface area contributed by atoms with Gasteiger partial charge in [-0.1, -0.05) is 0 Å². The molecule has 0 fully saturated rings. The molecule has 98 valence electrons. The summed E-state index contributed by atoms with van der Waals surface area (Å²) in [5, 5.41) is 11.0. The van der Waals surface area contributed by atoms with Crippen LogP contribution in [-0.4, -0.2) is 25.7 Å². The quantitative estimate of drug-likeness (QED) is 0.925. The van der Waals surface area contributed by atoms with Crippen LogP contribution < -0.4 is 5.32 Å². The van der Waals surface area contributed by atoms with E-state index < -0.39 is 0 Å². The molecule has 2 aromatic rings. The van der Waals surface area contributed by atoms with Crippen LogP contribution >= 0.6 is 15.9 Å². The number of nitrogens with one attached hydrogen (secondary N) is 1. The van der Waals surface area contributed by atoms with Gasteiger partial charge in [0.25, 0.3) is 5.91 Å². The maximum absolute atomic E-state index is 12.0.